The zero-order valence-corrected chi connectivity index (χ0v) is 12.7. The number of amides is 1. The summed E-state index contributed by atoms with van der Waals surface area (Å²) in [5.41, 5.74) is 1.65. The predicted octanol–water partition coefficient (Wildman–Crippen LogP) is 1.89. The topological polar surface area (TPSA) is 58.1 Å². The molecule has 0 radical (unpaired) electrons. The van der Waals surface area contributed by atoms with Crippen LogP contribution in [-0.2, 0) is 6.42 Å². The van der Waals surface area contributed by atoms with E-state index in [-0.39, 0.29) is 5.91 Å². The third-order valence-corrected chi connectivity index (χ3v) is 3.62. The van der Waals surface area contributed by atoms with Gasteiger partial charge in [-0.15, -0.1) is 11.3 Å². The first kappa shape index (κ1) is 14.5. The molecule has 2 aromatic heterocycles. The maximum absolute atomic E-state index is 12.0. The highest BCUT2D eigenvalue weighted by Gasteiger charge is 2.07. The highest BCUT2D eigenvalue weighted by atomic mass is 32.1. The molecule has 0 aromatic carbocycles. The second kappa shape index (κ2) is 6.47. The van der Waals surface area contributed by atoms with Crippen molar-refractivity contribution >= 4 is 23.1 Å². The van der Waals surface area contributed by atoms with E-state index in [2.05, 4.69) is 15.3 Å². The number of rotatable bonds is 5. The molecule has 2 heterocycles. The molecule has 106 valence electrons. The van der Waals surface area contributed by atoms with Gasteiger partial charge in [-0.2, -0.15) is 0 Å². The molecule has 20 heavy (non-hydrogen) atoms. The first-order valence-corrected chi connectivity index (χ1v) is 7.27. The summed E-state index contributed by atoms with van der Waals surface area (Å²) in [7, 11) is 3.79. The van der Waals surface area contributed by atoms with E-state index >= 15 is 0 Å². The average Bonchev–Trinajstić information content (AvgIpc) is 2.84. The highest BCUT2D eigenvalue weighted by molar-refractivity contribution is 7.09. The molecule has 0 spiro atoms. The molecule has 1 N–H and O–H groups in total. The van der Waals surface area contributed by atoms with Crippen LogP contribution in [0.2, 0.25) is 0 Å². The van der Waals surface area contributed by atoms with E-state index < -0.39 is 0 Å². The minimum absolute atomic E-state index is 0.0811. The second-order valence-corrected chi connectivity index (χ2v) is 5.72. The van der Waals surface area contributed by atoms with Crippen LogP contribution in [0.1, 0.15) is 21.1 Å². The summed E-state index contributed by atoms with van der Waals surface area (Å²) >= 11 is 1.63. The Morgan fingerprint density at radius 3 is 2.90 bits per heavy atom. The van der Waals surface area contributed by atoms with E-state index in [1.165, 1.54) is 0 Å². The van der Waals surface area contributed by atoms with Gasteiger partial charge in [0.05, 0.1) is 10.7 Å². The number of thiazole rings is 1. The van der Waals surface area contributed by atoms with Crippen molar-refractivity contribution in [2.75, 3.05) is 25.5 Å². The Hall–Kier alpha value is -1.95. The Morgan fingerprint density at radius 2 is 2.25 bits per heavy atom. The Balaban J connectivity index is 1.90. The van der Waals surface area contributed by atoms with Gasteiger partial charge in [-0.3, -0.25) is 4.79 Å². The maximum atomic E-state index is 12.0. The van der Waals surface area contributed by atoms with Gasteiger partial charge in [-0.05, 0) is 19.1 Å². The fraction of sp³-hybridized carbons (Fsp3) is 0.357. The molecule has 0 fully saturated rings. The maximum Gasteiger partial charge on any atom is 0.251 e. The smallest absolute Gasteiger partial charge is 0.251 e. The van der Waals surface area contributed by atoms with Crippen LogP contribution in [0, 0.1) is 6.92 Å². The van der Waals surface area contributed by atoms with E-state index in [0.29, 0.717) is 12.1 Å². The van der Waals surface area contributed by atoms with Crippen LogP contribution in [0.5, 0.6) is 0 Å². The number of nitrogens with zero attached hydrogens (tertiary/aromatic N) is 3. The summed E-state index contributed by atoms with van der Waals surface area (Å²) in [6, 6.07) is 3.50. The van der Waals surface area contributed by atoms with Crippen molar-refractivity contribution in [3.8, 4) is 0 Å². The van der Waals surface area contributed by atoms with Gasteiger partial charge in [0, 0.05) is 44.2 Å². The summed E-state index contributed by atoms with van der Waals surface area (Å²) in [5, 5.41) is 5.98. The molecule has 0 atom stereocenters. The summed E-state index contributed by atoms with van der Waals surface area (Å²) in [4.78, 5) is 22.5. The molecule has 1 amide bonds. The highest BCUT2D eigenvalue weighted by Crippen LogP contribution is 2.10. The van der Waals surface area contributed by atoms with E-state index in [4.69, 9.17) is 0 Å². The number of carbonyl (C=O) groups excluding carboxylic acids is 1. The number of aromatic nitrogens is 2. The largest absolute Gasteiger partial charge is 0.363 e. The zero-order chi connectivity index (χ0) is 14.5. The van der Waals surface area contributed by atoms with Crippen LogP contribution in [-0.4, -0.2) is 36.5 Å². The third kappa shape index (κ3) is 3.77. The van der Waals surface area contributed by atoms with Crippen LogP contribution >= 0.6 is 11.3 Å². The van der Waals surface area contributed by atoms with Crippen molar-refractivity contribution in [1.82, 2.24) is 15.3 Å². The third-order valence-electron chi connectivity index (χ3n) is 2.80. The molecular weight excluding hydrogens is 272 g/mol. The van der Waals surface area contributed by atoms with Crippen molar-refractivity contribution in [2.24, 2.45) is 0 Å². The fourth-order valence-corrected chi connectivity index (χ4v) is 2.38. The van der Waals surface area contributed by atoms with Crippen LogP contribution in [0.4, 0.5) is 5.82 Å². The standard InChI is InChI=1S/C14H18N4OS/c1-10-17-12(9-20-10)5-7-16-14(19)11-4-6-15-13(8-11)18(2)3/h4,6,8-9H,5,7H2,1-3H3,(H,16,19). The van der Waals surface area contributed by atoms with E-state index in [9.17, 15) is 4.79 Å². The molecule has 0 saturated carbocycles. The molecule has 0 saturated heterocycles. The molecule has 0 aliphatic carbocycles. The summed E-state index contributed by atoms with van der Waals surface area (Å²) in [5.74, 6) is 0.690. The van der Waals surface area contributed by atoms with Crippen LogP contribution in [0.3, 0.4) is 0 Å². The number of hydrogen-bond acceptors (Lipinski definition) is 5. The first-order valence-electron chi connectivity index (χ1n) is 6.39. The SMILES string of the molecule is Cc1nc(CCNC(=O)c2ccnc(N(C)C)c2)cs1. The Bertz CT molecular complexity index is 594. The van der Waals surface area contributed by atoms with Crippen molar-refractivity contribution < 1.29 is 4.79 Å². The molecular formula is C14H18N4OS. The van der Waals surface area contributed by atoms with Crippen LogP contribution in [0.25, 0.3) is 0 Å². The van der Waals surface area contributed by atoms with Crippen molar-refractivity contribution in [3.63, 3.8) is 0 Å². The molecule has 2 rings (SSSR count). The lowest BCUT2D eigenvalue weighted by Gasteiger charge is -2.12. The number of pyridine rings is 1. The molecule has 0 aliphatic heterocycles. The Kier molecular flexibility index (Phi) is 4.68. The van der Waals surface area contributed by atoms with Gasteiger partial charge in [0.25, 0.3) is 5.91 Å². The summed E-state index contributed by atoms with van der Waals surface area (Å²) in [6.07, 6.45) is 2.40. The normalized spacial score (nSPS) is 10.3. The minimum Gasteiger partial charge on any atom is -0.363 e. The van der Waals surface area contributed by atoms with Crippen LogP contribution in [0.15, 0.2) is 23.7 Å². The number of hydrogen-bond donors (Lipinski definition) is 1. The van der Waals surface area contributed by atoms with Crippen molar-refractivity contribution in [3.05, 3.63) is 40.0 Å². The van der Waals surface area contributed by atoms with Gasteiger partial charge < -0.3 is 10.2 Å². The van der Waals surface area contributed by atoms with E-state index in [1.54, 1.807) is 29.7 Å². The summed E-state index contributed by atoms with van der Waals surface area (Å²) in [6.45, 7) is 2.56. The van der Waals surface area contributed by atoms with Crippen molar-refractivity contribution in [2.45, 2.75) is 13.3 Å². The lowest BCUT2D eigenvalue weighted by molar-refractivity contribution is 0.0954. The van der Waals surface area contributed by atoms with Gasteiger partial charge >= 0.3 is 0 Å². The molecule has 2 aromatic rings. The average molecular weight is 290 g/mol. The quantitative estimate of drug-likeness (QED) is 0.913. The molecule has 0 bridgehead atoms. The van der Waals surface area contributed by atoms with Gasteiger partial charge in [0.2, 0.25) is 0 Å². The zero-order valence-electron chi connectivity index (χ0n) is 11.9. The number of anilines is 1. The second-order valence-electron chi connectivity index (χ2n) is 4.66. The number of nitrogens with one attached hydrogen (secondary N) is 1. The monoisotopic (exact) mass is 290 g/mol. The van der Waals surface area contributed by atoms with Crippen LogP contribution < -0.4 is 10.2 Å². The molecule has 5 nitrogen and oxygen atoms in total. The lowest BCUT2D eigenvalue weighted by Crippen LogP contribution is -2.26. The van der Waals surface area contributed by atoms with Gasteiger partial charge in [0.1, 0.15) is 5.82 Å². The van der Waals surface area contributed by atoms with Gasteiger partial charge in [-0.1, -0.05) is 0 Å². The Labute approximate surface area is 122 Å². The molecule has 6 heteroatoms. The minimum atomic E-state index is -0.0811. The predicted molar refractivity (Wildman–Crippen MR) is 81.5 cm³/mol. The van der Waals surface area contributed by atoms with Crippen molar-refractivity contribution in [1.29, 1.82) is 0 Å². The number of carbonyl (C=O) groups is 1. The molecule has 0 unspecified atom stereocenters. The lowest BCUT2D eigenvalue weighted by atomic mass is 10.2. The first-order chi connectivity index (χ1) is 9.56. The summed E-state index contributed by atoms with van der Waals surface area (Å²) < 4.78 is 0. The van der Waals surface area contributed by atoms with Gasteiger partial charge in [-0.25, -0.2) is 9.97 Å². The fourth-order valence-electron chi connectivity index (χ4n) is 1.73. The van der Waals surface area contributed by atoms with E-state index in [0.717, 1.165) is 22.9 Å². The number of aryl methyl sites for hydroxylation is 1. The Morgan fingerprint density at radius 1 is 1.45 bits per heavy atom. The van der Waals surface area contributed by atoms with Gasteiger partial charge in [0.15, 0.2) is 0 Å². The van der Waals surface area contributed by atoms with E-state index in [1.807, 2.05) is 31.3 Å². The molecule has 0 aliphatic rings.